The van der Waals surface area contributed by atoms with Crippen LogP contribution in [0.4, 0.5) is 10.6 Å². The second-order valence-electron chi connectivity index (χ2n) is 11.9. The van der Waals surface area contributed by atoms with Crippen LogP contribution in [0.1, 0.15) is 58.4 Å². The Morgan fingerprint density at radius 1 is 1.05 bits per heavy atom. The molecule has 2 fully saturated rings. The van der Waals surface area contributed by atoms with Gasteiger partial charge in [-0.2, -0.15) is 15.5 Å². The molecule has 0 aliphatic carbocycles. The van der Waals surface area contributed by atoms with E-state index in [1.165, 1.54) is 6.42 Å². The minimum absolute atomic E-state index is 0.0930. The van der Waals surface area contributed by atoms with Crippen LogP contribution in [0, 0.1) is 11.3 Å². The van der Waals surface area contributed by atoms with E-state index < -0.39 is 5.60 Å². The van der Waals surface area contributed by atoms with Crippen LogP contribution >= 0.6 is 0 Å². The Labute approximate surface area is 233 Å². The van der Waals surface area contributed by atoms with Gasteiger partial charge in [-0.3, -0.25) is 4.68 Å². The fourth-order valence-corrected chi connectivity index (χ4v) is 6.20. The van der Waals surface area contributed by atoms with Crippen LogP contribution in [0.3, 0.4) is 0 Å². The molecule has 0 spiro atoms. The summed E-state index contributed by atoms with van der Waals surface area (Å²) in [5, 5.41) is 21.6. The van der Waals surface area contributed by atoms with Crippen molar-refractivity contribution in [1.29, 1.82) is 5.26 Å². The maximum absolute atomic E-state index is 12.4. The molecule has 1 amide bonds. The lowest BCUT2D eigenvalue weighted by Gasteiger charge is -2.49. The molecule has 2 aliphatic heterocycles. The molecule has 4 aromatic heterocycles. The van der Waals surface area contributed by atoms with E-state index in [4.69, 9.17) is 9.72 Å². The highest BCUT2D eigenvalue weighted by atomic mass is 16.6. The normalized spacial score (nSPS) is 20.8. The van der Waals surface area contributed by atoms with Gasteiger partial charge in [0.1, 0.15) is 17.5 Å². The van der Waals surface area contributed by atoms with E-state index >= 15 is 0 Å². The summed E-state index contributed by atoms with van der Waals surface area (Å²) in [7, 11) is 1.89. The molecule has 10 heteroatoms. The maximum Gasteiger partial charge on any atom is 0.407 e. The van der Waals surface area contributed by atoms with E-state index in [1.807, 2.05) is 52.6 Å². The zero-order valence-electron chi connectivity index (χ0n) is 23.3. The maximum atomic E-state index is 12.4. The number of nitrogens with one attached hydrogen (secondary N) is 1. The number of carbonyl (C=O) groups is 1. The summed E-state index contributed by atoms with van der Waals surface area (Å²) in [6.45, 7) is 5.65. The summed E-state index contributed by atoms with van der Waals surface area (Å²) >= 11 is 0. The van der Waals surface area contributed by atoms with Crippen LogP contribution in [0.15, 0.2) is 49.2 Å². The van der Waals surface area contributed by atoms with Gasteiger partial charge in [0.2, 0.25) is 0 Å². The van der Waals surface area contributed by atoms with Gasteiger partial charge >= 0.3 is 6.09 Å². The molecule has 0 unspecified atom stereocenters. The van der Waals surface area contributed by atoms with Gasteiger partial charge in [0, 0.05) is 66.0 Å². The lowest BCUT2D eigenvalue weighted by atomic mass is 9.81. The van der Waals surface area contributed by atoms with Crippen LogP contribution in [-0.2, 0) is 11.8 Å². The number of aryl methyl sites for hydroxylation is 1. The first kappa shape index (κ1) is 25.9. The van der Waals surface area contributed by atoms with Gasteiger partial charge in [0.15, 0.2) is 0 Å². The van der Waals surface area contributed by atoms with E-state index in [0.29, 0.717) is 17.6 Å². The average Bonchev–Trinajstić information content (AvgIpc) is 3.52. The molecule has 4 aromatic rings. The van der Waals surface area contributed by atoms with Crippen molar-refractivity contribution in [3.05, 3.63) is 54.7 Å². The molecule has 0 saturated carbocycles. The molecule has 2 aliphatic rings. The number of ether oxygens (including phenoxy) is 1. The molecule has 3 atom stereocenters. The summed E-state index contributed by atoms with van der Waals surface area (Å²) < 4.78 is 9.03. The van der Waals surface area contributed by atoms with Gasteiger partial charge in [0.25, 0.3) is 0 Å². The van der Waals surface area contributed by atoms with Crippen molar-refractivity contribution in [2.24, 2.45) is 7.05 Å². The van der Waals surface area contributed by atoms with Crippen molar-refractivity contribution in [3.8, 4) is 28.3 Å². The summed E-state index contributed by atoms with van der Waals surface area (Å²) in [6.07, 6.45) is 13.9. The molecule has 2 saturated heterocycles. The number of amides is 1. The second-order valence-corrected chi connectivity index (χ2v) is 11.9. The van der Waals surface area contributed by atoms with Crippen molar-refractivity contribution >= 4 is 17.4 Å². The molecule has 6 heterocycles. The third-order valence-corrected chi connectivity index (χ3v) is 7.79. The quantitative estimate of drug-likeness (QED) is 0.385. The number of fused-ring (bicyclic) bond motifs is 3. The Morgan fingerprint density at radius 2 is 1.82 bits per heavy atom. The van der Waals surface area contributed by atoms with Gasteiger partial charge in [-0.1, -0.05) is 0 Å². The molecule has 206 valence electrons. The Morgan fingerprint density at radius 3 is 2.45 bits per heavy atom. The molecular formula is C30H34N8O2. The van der Waals surface area contributed by atoms with Crippen molar-refractivity contribution in [1.82, 2.24) is 29.7 Å². The standard InChI is InChI=1S/C30H34N8O2/c1-30(2,3)40-29(39)35-23-11-24-6-5-7-25(12-23)38(24)27-9-8-19(14-32-27)26-10-20(22-16-33-36(4)17-22)18-37-28(26)21(13-31)15-34-37/h8-10,14-18,23-25H,5-7,11-12H2,1-4H3,(H,35,39)/t23-,24+,25-. The number of hydrogen-bond donors (Lipinski definition) is 1. The van der Waals surface area contributed by atoms with Gasteiger partial charge in [0.05, 0.1) is 23.5 Å². The molecule has 2 bridgehead atoms. The van der Waals surface area contributed by atoms with E-state index in [2.05, 4.69) is 44.7 Å². The third-order valence-electron chi connectivity index (χ3n) is 7.79. The fraction of sp³-hybridized carbons (Fsp3) is 0.433. The third kappa shape index (κ3) is 4.99. The highest BCUT2D eigenvalue weighted by Gasteiger charge is 2.39. The summed E-state index contributed by atoms with van der Waals surface area (Å²) in [4.78, 5) is 19.8. The predicted octanol–water partition coefficient (Wildman–Crippen LogP) is 5.08. The number of aromatic nitrogens is 5. The number of anilines is 1. The summed E-state index contributed by atoms with van der Waals surface area (Å²) in [6, 6.07) is 9.23. The minimum Gasteiger partial charge on any atom is -0.444 e. The number of pyridine rings is 2. The highest BCUT2D eigenvalue weighted by molar-refractivity contribution is 5.87. The number of alkyl carbamates (subject to hydrolysis) is 1. The van der Waals surface area contributed by atoms with Crippen LogP contribution in [-0.4, -0.2) is 54.2 Å². The lowest BCUT2D eigenvalue weighted by molar-refractivity contribution is 0.0482. The van der Waals surface area contributed by atoms with Gasteiger partial charge < -0.3 is 15.0 Å². The second kappa shape index (κ2) is 9.97. The number of hydrogen-bond acceptors (Lipinski definition) is 7. The molecule has 40 heavy (non-hydrogen) atoms. The van der Waals surface area contributed by atoms with E-state index in [9.17, 15) is 10.1 Å². The fourth-order valence-electron chi connectivity index (χ4n) is 6.20. The van der Waals surface area contributed by atoms with Gasteiger partial charge in [-0.15, -0.1) is 0 Å². The number of nitrogens with zero attached hydrogens (tertiary/aromatic N) is 7. The predicted molar refractivity (Wildman–Crippen MR) is 152 cm³/mol. The van der Waals surface area contributed by atoms with Gasteiger partial charge in [-0.05, 0) is 71.1 Å². The molecule has 0 aromatic carbocycles. The summed E-state index contributed by atoms with van der Waals surface area (Å²) in [5.74, 6) is 0.947. The topological polar surface area (TPSA) is 113 Å². The minimum atomic E-state index is -0.514. The monoisotopic (exact) mass is 538 g/mol. The van der Waals surface area contributed by atoms with E-state index in [-0.39, 0.29) is 12.1 Å². The average molecular weight is 539 g/mol. The first-order valence-corrected chi connectivity index (χ1v) is 13.8. The Hall–Kier alpha value is -4.39. The first-order valence-electron chi connectivity index (χ1n) is 13.8. The smallest absolute Gasteiger partial charge is 0.407 e. The van der Waals surface area contributed by atoms with Crippen molar-refractivity contribution in [3.63, 3.8) is 0 Å². The molecule has 6 rings (SSSR count). The van der Waals surface area contributed by atoms with Crippen molar-refractivity contribution in [2.45, 2.75) is 76.6 Å². The van der Waals surface area contributed by atoms with Crippen molar-refractivity contribution < 1.29 is 9.53 Å². The SMILES string of the molecule is Cn1cc(-c2cc(-c3ccc(N4[C@@H]5CCC[C@H]4C[C@@H](NC(=O)OC(C)(C)C)C5)nc3)c3c(C#N)cnn3c2)cn1. The van der Waals surface area contributed by atoms with Crippen molar-refractivity contribution in [2.75, 3.05) is 4.90 Å². The first-order chi connectivity index (χ1) is 19.2. The lowest BCUT2D eigenvalue weighted by Crippen LogP contribution is -2.57. The summed E-state index contributed by atoms with van der Waals surface area (Å²) in [5.41, 5.74) is 4.51. The van der Waals surface area contributed by atoms with Crippen LogP contribution in [0.25, 0.3) is 27.8 Å². The van der Waals surface area contributed by atoms with Crippen LogP contribution in [0.5, 0.6) is 0 Å². The van der Waals surface area contributed by atoms with Gasteiger partial charge in [-0.25, -0.2) is 14.3 Å². The number of rotatable bonds is 4. The molecule has 10 nitrogen and oxygen atoms in total. The molecule has 0 radical (unpaired) electrons. The number of nitriles is 1. The Balaban J connectivity index is 1.28. The van der Waals surface area contributed by atoms with Crippen LogP contribution in [0.2, 0.25) is 0 Å². The van der Waals surface area contributed by atoms with E-state index in [1.54, 1.807) is 15.4 Å². The molecule has 1 N–H and O–H groups in total. The van der Waals surface area contributed by atoms with E-state index in [0.717, 1.165) is 59.3 Å². The molecular weight excluding hydrogens is 504 g/mol. The zero-order chi connectivity index (χ0) is 28.0. The zero-order valence-corrected chi connectivity index (χ0v) is 23.3. The Bertz CT molecular complexity index is 1580. The van der Waals surface area contributed by atoms with Crippen LogP contribution < -0.4 is 10.2 Å². The number of piperidine rings is 2. The largest absolute Gasteiger partial charge is 0.444 e. The highest BCUT2D eigenvalue weighted by Crippen LogP contribution is 2.38. The number of carbonyl (C=O) groups excluding carboxylic acids is 1. The Kier molecular flexibility index (Phi) is 6.45.